The van der Waals surface area contributed by atoms with Gasteiger partial charge in [0.2, 0.25) is 0 Å². The van der Waals surface area contributed by atoms with E-state index in [1.54, 1.807) is 12.1 Å². The molecule has 0 saturated carbocycles. The van der Waals surface area contributed by atoms with Crippen molar-refractivity contribution < 1.29 is 13.2 Å². The van der Waals surface area contributed by atoms with Crippen LogP contribution in [0.4, 0.5) is 5.69 Å². The minimum atomic E-state index is -3.29. The molecule has 5 heteroatoms. The molecular formula is C18H25NO3S. The fraction of sp³-hybridized carbons (Fsp3) is 0.500. The lowest BCUT2D eigenvalue weighted by molar-refractivity contribution is 0.102. The molecule has 0 saturated heterocycles. The number of rotatable bonds is 5. The topological polar surface area (TPSA) is 63.2 Å². The van der Waals surface area contributed by atoms with Crippen molar-refractivity contribution in [3.8, 4) is 0 Å². The van der Waals surface area contributed by atoms with Crippen molar-refractivity contribution in [3.05, 3.63) is 42.0 Å². The number of ketones is 1. The molecule has 1 atom stereocenters. The number of anilines is 1. The summed E-state index contributed by atoms with van der Waals surface area (Å²) in [4.78, 5) is 11.9. The fourth-order valence-electron chi connectivity index (χ4n) is 2.77. The molecule has 0 aliphatic heterocycles. The average Bonchev–Trinajstić information content (AvgIpc) is 2.60. The van der Waals surface area contributed by atoms with Gasteiger partial charge in [0, 0.05) is 23.5 Å². The van der Waals surface area contributed by atoms with Gasteiger partial charge >= 0.3 is 0 Å². The van der Waals surface area contributed by atoms with Gasteiger partial charge in [-0.25, -0.2) is 8.42 Å². The van der Waals surface area contributed by atoms with Crippen LogP contribution in [0.15, 0.2) is 36.4 Å². The largest absolute Gasteiger partial charge is 0.382 e. The molecule has 4 nitrogen and oxygen atoms in total. The number of benzene rings is 1. The molecule has 23 heavy (non-hydrogen) atoms. The molecule has 0 bridgehead atoms. The first kappa shape index (κ1) is 17.7. The number of sulfone groups is 1. The Morgan fingerprint density at radius 3 is 2.57 bits per heavy atom. The second-order valence-corrected chi connectivity index (χ2v) is 8.40. The highest BCUT2D eigenvalue weighted by atomic mass is 32.2. The van der Waals surface area contributed by atoms with E-state index >= 15 is 0 Å². The van der Waals surface area contributed by atoms with Crippen LogP contribution in [0.25, 0.3) is 0 Å². The SMILES string of the molecule is CS(=O)(=O)CC(=O)c1ccc(NC2C/C=C\CCCCC2)cc1. The molecule has 0 aromatic heterocycles. The minimum Gasteiger partial charge on any atom is -0.382 e. The summed E-state index contributed by atoms with van der Waals surface area (Å²) in [5.41, 5.74) is 1.41. The molecule has 1 aromatic carbocycles. The van der Waals surface area contributed by atoms with Crippen molar-refractivity contribution >= 4 is 21.3 Å². The van der Waals surface area contributed by atoms with Gasteiger partial charge in [-0.3, -0.25) is 4.79 Å². The fourth-order valence-corrected chi connectivity index (χ4v) is 3.41. The maximum absolute atomic E-state index is 11.9. The van der Waals surface area contributed by atoms with Gasteiger partial charge in [0.05, 0.1) is 0 Å². The van der Waals surface area contributed by atoms with Crippen molar-refractivity contribution in [1.82, 2.24) is 0 Å². The Morgan fingerprint density at radius 2 is 1.87 bits per heavy atom. The monoisotopic (exact) mass is 335 g/mol. The Hall–Kier alpha value is -1.62. The molecule has 126 valence electrons. The second kappa shape index (κ2) is 8.29. The maximum atomic E-state index is 11.9. The van der Waals surface area contributed by atoms with Crippen LogP contribution in [-0.4, -0.2) is 32.3 Å². The van der Waals surface area contributed by atoms with Crippen LogP contribution in [-0.2, 0) is 9.84 Å². The summed E-state index contributed by atoms with van der Waals surface area (Å²) in [6.45, 7) is 0. The summed E-state index contributed by atoms with van der Waals surface area (Å²) in [6.07, 6.45) is 12.6. The summed E-state index contributed by atoms with van der Waals surface area (Å²) in [7, 11) is -3.29. The van der Waals surface area contributed by atoms with Crippen LogP contribution >= 0.6 is 0 Å². The van der Waals surface area contributed by atoms with Gasteiger partial charge in [0.1, 0.15) is 5.75 Å². The molecule has 0 spiro atoms. The average molecular weight is 335 g/mol. The molecule has 0 amide bonds. The van der Waals surface area contributed by atoms with E-state index in [1.165, 1.54) is 25.7 Å². The molecule has 0 fully saturated rings. The van der Waals surface area contributed by atoms with Crippen molar-refractivity contribution in [2.45, 2.75) is 44.6 Å². The zero-order valence-corrected chi connectivity index (χ0v) is 14.4. The normalized spacial score (nSPS) is 20.8. The van der Waals surface area contributed by atoms with Gasteiger partial charge in [0.25, 0.3) is 0 Å². The van der Waals surface area contributed by atoms with Crippen molar-refractivity contribution in [1.29, 1.82) is 0 Å². The second-order valence-electron chi connectivity index (χ2n) is 6.26. The molecule has 2 rings (SSSR count). The van der Waals surface area contributed by atoms with Gasteiger partial charge in [-0.1, -0.05) is 25.0 Å². The van der Waals surface area contributed by atoms with E-state index < -0.39 is 15.6 Å². The first-order chi connectivity index (χ1) is 10.9. The molecular weight excluding hydrogens is 310 g/mol. The van der Waals surface area contributed by atoms with Crippen LogP contribution in [0.2, 0.25) is 0 Å². The highest BCUT2D eigenvalue weighted by Gasteiger charge is 2.13. The van der Waals surface area contributed by atoms with Gasteiger partial charge in [0.15, 0.2) is 15.6 Å². The Bertz CT molecular complexity index is 647. The molecule has 0 radical (unpaired) electrons. The van der Waals surface area contributed by atoms with Crippen LogP contribution in [0.1, 0.15) is 48.9 Å². The maximum Gasteiger partial charge on any atom is 0.177 e. The van der Waals surface area contributed by atoms with E-state index in [2.05, 4.69) is 17.5 Å². The number of carbonyl (C=O) groups excluding carboxylic acids is 1. The first-order valence-corrected chi connectivity index (χ1v) is 10.2. The zero-order chi connectivity index (χ0) is 16.7. The zero-order valence-electron chi connectivity index (χ0n) is 13.6. The van der Waals surface area contributed by atoms with Crippen LogP contribution in [0.3, 0.4) is 0 Å². The van der Waals surface area contributed by atoms with Gasteiger partial charge in [-0.15, -0.1) is 0 Å². The lowest BCUT2D eigenvalue weighted by atomic mass is 10.1. The van der Waals surface area contributed by atoms with Gasteiger partial charge in [-0.2, -0.15) is 0 Å². The number of carbonyl (C=O) groups is 1. The first-order valence-electron chi connectivity index (χ1n) is 8.16. The number of nitrogens with one attached hydrogen (secondary N) is 1. The Morgan fingerprint density at radius 1 is 1.13 bits per heavy atom. The summed E-state index contributed by atoms with van der Waals surface area (Å²) < 4.78 is 22.4. The molecule has 1 aliphatic carbocycles. The molecule has 1 aromatic rings. The summed E-state index contributed by atoms with van der Waals surface area (Å²) in [5, 5.41) is 3.51. The molecule has 0 heterocycles. The smallest absolute Gasteiger partial charge is 0.177 e. The summed E-state index contributed by atoms with van der Waals surface area (Å²) >= 11 is 0. The number of hydrogen-bond acceptors (Lipinski definition) is 4. The van der Waals surface area contributed by atoms with Crippen LogP contribution in [0, 0.1) is 0 Å². The quantitative estimate of drug-likeness (QED) is 0.659. The Balaban J connectivity index is 1.97. The third-order valence-corrected chi connectivity index (χ3v) is 4.77. The van der Waals surface area contributed by atoms with E-state index in [4.69, 9.17) is 0 Å². The highest BCUT2D eigenvalue weighted by molar-refractivity contribution is 7.91. The summed E-state index contributed by atoms with van der Waals surface area (Å²) in [6, 6.07) is 7.50. The minimum absolute atomic E-state index is 0.357. The predicted octanol–water partition coefficient (Wildman–Crippen LogP) is 3.60. The number of allylic oxidation sites excluding steroid dienone is 1. The number of hydrogen-bond donors (Lipinski definition) is 1. The standard InChI is InChI=1S/C18H25NO3S/c1-23(21,22)14-18(20)15-10-12-17(13-11-15)19-16-8-6-4-2-3-5-7-9-16/h4,6,10-13,16,19H,2-3,5,7-9,14H2,1H3/b6-4-. The van der Waals surface area contributed by atoms with E-state index in [9.17, 15) is 13.2 Å². The van der Waals surface area contributed by atoms with E-state index in [-0.39, 0.29) is 5.78 Å². The number of Topliss-reactive ketones (excluding diaryl/α,β-unsaturated/α-hetero) is 1. The van der Waals surface area contributed by atoms with Gasteiger partial charge < -0.3 is 5.32 Å². The van der Waals surface area contributed by atoms with E-state index in [0.29, 0.717) is 11.6 Å². The lowest BCUT2D eigenvalue weighted by Gasteiger charge is -2.18. The third kappa shape index (κ3) is 6.57. The molecule has 1 unspecified atom stereocenters. The summed E-state index contributed by atoms with van der Waals surface area (Å²) in [5.74, 6) is -0.794. The Kier molecular flexibility index (Phi) is 6.39. The van der Waals surface area contributed by atoms with Crippen LogP contribution in [0.5, 0.6) is 0 Å². The predicted molar refractivity (Wildman–Crippen MR) is 94.7 cm³/mol. The Labute approximate surface area is 138 Å². The molecule has 1 aliphatic rings. The van der Waals surface area contributed by atoms with Gasteiger partial charge in [-0.05, 0) is 49.9 Å². The van der Waals surface area contributed by atoms with Crippen molar-refractivity contribution in [3.63, 3.8) is 0 Å². The highest BCUT2D eigenvalue weighted by Crippen LogP contribution is 2.18. The van der Waals surface area contributed by atoms with Crippen molar-refractivity contribution in [2.75, 3.05) is 17.3 Å². The molecule has 1 N–H and O–H groups in total. The van der Waals surface area contributed by atoms with Crippen molar-refractivity contribution in [2.24, 2.45) is 0 Å². The van der Waals surface area contributed by atoms with Crippen LogP contribution < -0.4 is 5.32 Å². The van der Waals surface area contributed by atoms with E-state index in [1.807, 2.05) is 12.1 Å². The third-order valence-electron chi connectivity index (χ3n) is 3.98. The lowest BCUT2D eigenvalue weighted by Crippen LogP contribution is -2.19. The van der Waals surface area contributed by atoms with E-state index in [0.717, 1.165) is 24.8 Å².